The molecule has 1 aromatic rings. The molecule has 0 fully saturated rings. The molecule has 64 valence electrons. The van der Waals surface area contributed by atoms with Gasteiger partial charge in [0.15, 0.2) is 5.17 Å². The zero-order valence-corrected chi connectivity index (χ0v) is 7.12. The standard InChI is InChI=1S/C7H7ClN2O2/c1-12-6-4-2-3-5(9-6)7(8)10-11/h2-4,11H,1H3. The molecular formula is C7H7ClN2O2. The first-order chi connectivity index (χ1) is 5.77. The zero-order chi connectivity index (χ0) is 8.97. The minimum absolute atomic E-state index is 0.0612. The maximum Gasteiger partial charge on any atom is 0.213 e. The highest BCUT2D eigenvalue weighted by molar-refractivity contribution is 6.69. The van der Waals surface area contributed by atoms with Crippen LogP contribution in [0.25, 0.3) is 0 Å². The van der Waals surface area contributed by atoms with Crippen molar-refractivity contribution in [1.29, 1.82) is 0 Å². The summed E-state index contributed by atoms with van der Waals surface area (Å²) in [6.07, 6.45) is 0. The monoisotopic (exact) mass is 186 g/mol. The fourth-order valence-corrected chi connectivity index (χ4v) is 0.800. The molecule has 1 aromatic heterocycles. The van der Waals surface area contributed by atoms with E-state index in [1.807, 2.05) is 0 Å². The van der Waals surface area contributed by atoms with Crippen LogP contribution in [0.15, 0.2) is 23.4 Å². The number of ether oxygens (including phenoxy) is 1. The zero-order valence-electron chi connectivity index (χ0n) is 6.36. The summed E-state index contributed by atoms with van der Waals surface area (Å²) in [6.45, 7) is 0. The van der Waals surface area contributed by atoms with Crippen molar-refractivity contribution in [3.63, 3.8) is 0 Å². The van der Waals surface area contributed by atoms with Crippen LogP contribution in [0, 0.1) is 0 Å². The average molecular weight is 187 g/mol. The Morgan fingerprint density at radius 1 is 1.67 bits per heavy atom. The Bertz CT molecular complexity index is 301. The lowest BCUT2D eigenvalue weighted by Crippen LogP contribution is -1.97. The van der Waals surface area contributed by atoms with E-state index in [-0.39, 0.29) is 5.17 Å². The van der Waals surface area contributed by atoms with Gasteiger partial charge in [0.05, 0.1) is 7.11 Å². The summed E-state index contributed by atoms with van der Waals surface area (Å²) in [5.74, 6) is 0.425. The summed E-state index contributed by atoms with van der Waals surface area (Å²) in [6, 6.07) is 4.99. The minimum Gasteiger partial charge on any atom is -0.481 e. The lowest BCUT2D eigenvalue weighted by Gasteiger charge is -1.99. The van der Waals surface area contributed by atoms with E-state index in [0.29, 0.717) is 11.6 Å². The average Bonchev–Trinajstić information content (AvgIpc) is 2.17. The van der Waals surface area contributed by atoms with Gasteiger partial charge in [0, 0.05) is 6.07 Å². The van der Waals surface area contributed by atoms with Crippen LogP contribution in [-0.4, -0.2) is 22.5 Å². The number of halogens is 1. The minimum atomic E-state index is -0.0612. The van der Waals surface area contributed by atoms with Crippen molar-refractivity contribution in [2.24, 2.45) is 5.16 Å². The Labute approximate surface area is 74.4 Å². The number of oxime groups is 1. The number of hydrogen-bond acceptors (Lipinski definition) is 4. The van der Waals surface area contributed by atoms with Crippen molar-refractivity contribution in [2.45, 2.75) is 0 Å². The maximum absolute atomic E-state index is 8.33. The van der Waals surface area contributed by atoms with Gasteiger partial charge < -0.3 is 9.94 Å². The molecule has 0 amide bonds. The predicted octanol–water partition coefficient (Wildman–Crippen LogP) is 1.46. The van der Waals surface area contributed by atoms with Gasteiger partial charge in [-0.1, -0.05) is 22.8 Å². The summed E-state index contributed by atoms with van der Waals surface area (Å²) in [4.78, 5) is 3.92. The molecule has 12 heavy (non-hydrogen) atoms. The second-order valence-electron chi connectivity index (χ2n) is 1.96. The highest BCUT2D eigenvalue weighted by Crippen LogP contribution is 2.08. The van der Waals surface area contributed by atoms with Gasteiger partial charge >= 0.3 is 0 Å². The normalized spacial score (nSPS) is 11.3. The maximum atomic E-state index is 8.33. The van der Waals surface area contributed by atoms with Crippen LogP contribution >= 0.6 is 11.6 Å². The lowest BCUT2D eigenvalue weighted by atomic mass is 10.4. The molecule has 0 aromatic carbocycles. The number of pyridine rings is 1. The first-order valence-electron chi connectivity index (χ1n) is 3.17. The van der Waals surface area contributed by atoms with Gasteiger partial charge in [-0.05, 0) is 6.07 Å². The Morgan fingerprint density at radius 3 is 3.00 bits per heavy atom. The van der Waals surface area contributed by atoms with Gasteiger partial charge in [0.1, 0.15) is 5.69 Å². The molecule has 0 aliphatic heterocycles. The molecule has 4 nitrogen and oxygen atoms in total. The van der Waals surface area contributed by atoms with Crippen LogP contribution in [-0.2, 0) is 0 Å². The largest absolute Gasteiger partial charge is 0.481 e. The van der Waals surface area contributed by atoms with E-state index in [9.17, 15) is 0 Å². The molecular weight excluding hydrogens is 180 g/mol. The van der Waals surface area contributed by atoms with Crippen LogP contribution < -0.4 is 4.74 Å². The Kier molecular flexibility index (Phi) is 2.88. The predicted molar refractivity (Wildman–Crippen MR) is 45.0 cm³/mol. The molecule has 0 aliphatic rings. The van der Waals surface area contributed by atoms with E-state index in [4.69, 9.17) is 21.5 Å². The lowest BCUT2D eigenvalue weighted by molar-refractivity contribution is 0.320. The molecule has 5 heteroatoms. The van der Waals surface area contributed by atoms with Crippen molar-refractivity contribution in [2.75, 3.05) is 7.11 Å². The van der Waals surface area contributed by atoms with Crippen LogP contribution in [0.3, 0.4) is 0 Å². The van der Waals surface area contributed by atoms with E-state index in [1.54, 1.807) is 18.2 Å². The number of aromatic nitrogens is 1. The number of hydrogen-bond donors (Lipinski definition) is 1. The van der Waals surface area contributed by atoms with E-state index in [1.165, 1.54) is 7.11 Å². The third-order valence-corrected chi connectivity index (χ3v) is 1.50. The fraction of sp³-hybridized carbons (Fsp3) is 0.143. The van der Waals surface area contributed by atoms with Crippen LogP contribution in [0.1, 0.15) is 5.69 Å². The SMILES string of the molecule is COc1cccc(C(Cl)=NO)n1. The quantitative estimate of drug-likeness (QED) is 0.432. The third-order valence-electron chi connectivity index (χ3n) is 1.23. The molecule has 0 unspecified atom stereocenters. The number of methoxy groups -OCH3 is 1. The van der Waals surface area contributed by atoms with E-state index >= 15 is 0 Å². The molecule has 0 radical (unpaired) electrons. The van der Waals surface area contributed by atoms with Gasteiger partial charge in [-0.15, -0.1) is 0 Å². The van der Waals surface area contributed by atoms with Crippen LogP contribution in [0.4, 0.5) is 0 Å². The summed E-state index contributed by atoms with van der Waals surface area (Å²) >= 11 is 5.50. The summed E-state index contributed by atoms with van der Waals surface area (Å²) < 4.78 is 4.84. The first-order valence-corrected chi connectivity index (χ1v) is 3.54. The van der Waals surface area contributed by atoms with Crippen molar-refractivity contribution < 1.29 is 9.94 Å². The highest BCUT2D eigenvalue weighted by Gasteiger charge is 2.02. The Morgan fingerprint density at radius 2 is 2.42 bits per heavy atom. The van der Waals surface area contributed by atoms with Crippen LogP contribution in [0.2, 0.25) is 0 Å². The van der Waals surface area contributed by atoms with Crippen LogP contribution in [0.5, 0.6) is 5.88 Å². The van der Waals surface area contributed by atoms with Gasteiger partial charge in [-0.25, -0.2) is 4.98 Å². The molecule has 1 rings (SSSR count). The van der Waals surface area contributed by atoms with E-state index < -0.39 is 0 Å². The van der Waals surface area contributed by atoms with Gasteiger partial charge in [0.2, 0.25) is 5.88 Å². The molecule has 0 spiro atoms. The van der Waals surface area contributed by atoms with Crippen molar-refractivity contribution >= 4 is 16.8 Å². The third kappa shape index (κ3) is 1.85. The second-order valence-corrected chi connectivity index (χ2v) is 2.31. The molecule has 0 aliphatic carbocycles. The smallest absolute Gasteiger partial charge is 0.213 e. The number of rotatable bonds is 2. The van der Waals surface area contributed by atoms with Gasteiger partial charge in [-0.3, -0.25) is 0 Å². The first kappa shape index (κ1) is 8.80. The molecule has 0 saturated heterocycles. The Balaban J connectivity index is 3.02. The molecule has 0 atom stereocenters. The topological polar surface area (TPSA) is 54.7 Å². The summed E-state index contributed by atoms with van der Waals surface area (Å²) in [5.41, 5.74) is 0.374. The number of nitrogens with zero attached hydrogens (tertiary/aromatic N) is 2. The fourth-order valence-electron chi connectivity index (χ4n) is 0.695. The molecule has 1 heterocycles. The van der Waals surface area contributed by atoms with Gasteiger partial charge in [0.25, 0.3) is 0 Å². The van der Waals surface area contributed by atoms with E-state index in [0.717, 1.165) is 0 Å². The molecule has 0 saturated carbocycles. The second kappa shape index (κ2) is 3.92. The summed E-state index contributed by atoms with van der Waals surface area (Å²) in [7, 11) is 1.50. The summed E-state index contributed by atoms with van der Waals surface area (Å²) in [5, 5.41) is 11.1. The van der Waals surface area contributed by atoms with Crippen molar-refractivity contribution in [3.8, 4) is 5.88 Å². The van der Waals surface area contributed by atoms with E-state index in [2.05, 4.69) is 10.1 Å². The molecule has 1 N–H and O–H groups in total. The molecule has 0 bridgehead atoms. The van der Waals surface area contributed by atoms with Crippen molar-refractivity contribution in [3.05, 3.63) is 23.9 Å². The van der Waals surface area contributed by atoms with Gasteiger partial charge in [-0.2, -0.15) is 0 Å². The highest BCUT2D eigenvalue weighted by atomic mass is 35.5. The Hall–Kier alpha value is -1.29. The van der Waals surface area contributed by atoms with Crippen molar-refractivity contribution in [1.82, 2.24) is 4.98 Å².